The van der Waals surface area contributed by atoms with Crippen molar-refractivity contribution < 1.29 is 9.47 Å². The van der Waals surface area contributed by atoms with E-state index in [0.29, 0.717) is 23.3 Å². The Morgan fingerprint density at radius 1 is 1.11 bits per heavy atom. The topological polar surface area (TPSA) is 65.4 Å². The fourth-order valence-electron chi connectivity index (χ4n) is 2.68. The van der Waals surface area contributed by atoms with Crippen molar-refractivity contribution in [2.45, 2.75) is 13.5 Å². The van der Waals surface area contributed by atoms with Crippen LogP contribution in [-0.4, -0.2) is 23.8 Å². The van der Waals surface area contributed by atoms with E-state index in [2.05, 4.69) is 10.3 Å². The van der Waals surface area contributed by atoms with Gasteiger partial charge in [-0.15, -0.1) is 0 Å². The van der Waals surface area contributed by atoms with Crippen molar-refractivity contribution in [2.24, 2.45) is 0 Å². The minimum absolute atomic E-state index is 0.182. The summed E-state index contributed by atoms with van der Waals surface area (Å²) in [6.45, 7) is 2.44. The third-order valence-electron chi connectivity index (χ3n) is 4.12. The molecule has 0 unspecified atom stereocenters. The molecule has 3 aromatic rings. The highest BCUT2D eigenvalue weighted by molar-refractivity contribution is 6.32. The highest BCUT2D eigenvalue weighted by Gasteiger charge is 2.13. The van der Waals surface area contributed by atoms with E-state index in [1.54, 1.807) is 25.4 Å². The fourth-order valence-corrected chi connectivity index (χ4v) is 2.97. The van der Waals surface area contributed by atoms with Gasteiger partial charge >= 0.3 is 5.56 Å². The maximum Gasteiger partial charge on any atom is 0.316 e. The normalized spacial score (nSPS) is 10.5. The molecule has 0 aliphatic carbocycles. The van der Waals surface area contributed by atoms with E-state index in [1.807, 2.05) is 41.8 Å². The van der Waals surface area contributed by atoms with Gasteiger partial charge in [0.2, 0.25) is 11.7 Å². The molecule has 7 heteroatoms. The van der Waals surface area contributed by atoms with E-state index in [9.17, 15) is 4.79 Å². The summed E-state index contributed by atoms with van der Waals surface area (Å²) in [5.74, 6) is 1.12. The Morgan fingerprint density at radius 3 is 2.48 bits per heavy atom. The molecule has 1 N–H and O–H groups in total. The first kappa shape index (κ1) is 18.8. The second-order valence-corrected chi connectivity index (χ2v) is 6.39. The minimum Gasteiger partial charge on any atom is -0.495 e. The summed E-state index contributed by atoms with van der Waals surface area (Å²) in [4.78, 5) is 16.3. The van der Waals surface area contributed by atoms with Crippen molar-refractivity contribution in [2.75, 3.05) is 19.5 Å². The van der Waals surface area contributed by atoms with Crippen LogP contribution in [0.1, 0.15) is 11.1 Å². The van der Waals surface area contributed by atoms with E-state index >= 15 is 0 Å². The average Bonchev–Trinajstić information content (AvgIpc) is 2.66. The maximum atomic E-state index is 12.2. The van der Waals surface area contributed by atoms with Gasteiger partial charge in [-0.25, -0.2) is 0 Å². The molecule has 27 heavy (non-hydrogen) atoms. The van der Waals surface area contributed by atoms with Crippen molar-refractivity contribution >= 4 is 23.2 Å². The smallest absolute Gasteiger partial charge is 0.316 e. The number of aryl methyl sites for hydroxylation is 1. The monoisotopic (exact) mass is 385 g/mol. The zero-order valence-corrected chi connectivity index (χ0v) is 16.1. The summed E-state index contributed by atoms with van der Waals surface area (Å²) >= 11 is 6.17. The van der Waals surface area contributed by atoms with E-state index < -0.39 is 5.56 Å². The first-order valence-corrected chi connectivity index (χ1v) is 8.70. The Hall–Kier alpha value is -2.99. The molecular formula is C20H20ClN3O3. The highest BCUT2D eigenvalue weighted by atomic mass is 35.5. The Kier molecular flexibility index (Phi) is 5.66. The number of benzene rings is 2. The molecule has 0 amide bonds. The summed E-state index contributed by atoms with van der Waals surface area (Å²) in [5, 5.41) is 3.73. The predicted octanol–water partition coefficient (Wildman–Crippen LogP) is 4.01. The van der Waals surface area contributed by atoms with Gasteiger partial charge in [-0.05, 0) is 24.1 Å². The van der Waals surface area contributed by atoms with Gasteiger partial charge in [0.05, 0.1) is 32.0 Å². The molecular weight excluding hydrogens is 366 g/mol. The lowest BCUT2D eigenvalue weighted by Crippen LogP contribution is -2.19. The van der Waals surface area contributed by atoms with Crippen LogP contribution in [0, 0.1) is 6.92 Å². The van der Waals surface area contributed by atoms with E-state index in [4.69, 9.17) is 21.1 Å². The summed E-state index contributed by atoms with van der Waals surface area (Å²) < 4.78 is 12.3. The lowest BCUT2D eigenvalue weighted by Gasteiger charge is -2.17. The first-order valence-electron chi connectivity index (χ1n) is 8.32. The molecule has 1 heterocycles. The summed E-state index contributed by atoms with van der Waals surface area (Å²) in [7, 11) is 3.00. The molecule has 1 aromatic heterocycles. The van der Waals surface area contributed by atoms with E-state index in [1.165, 1.54) is 7.11 Å². The highest BCUT2D eigenvalue weighted by Crippen LogP contribution is 2.32. The van der Waals surface area contributed by atoms with E-state index in [-0.39, 0.29) is 5.75 Å². The quantitative estimate of drug-likeness (QED) is 0.694. The number of nitrogens with zero attached hydrogens (tertiary/aromatic N) is 2. The van der Waals surface area contributed by atoms with Crippen molar-refractivity contribution in [3.8, 4) is 11.5 Å². The first-order chi connectivity index (χ1) is 13.0. The summed E-state index contributed by atoms with van der Waals surface area (Å²) in [6, 6.07) is 13.5. The van der Waals surface area contributed by atoms with Gasteiger partial charge in [0, 0.05) is 11.8 Å². The third-order valence-corrected chi connectivity index (χ3v) is 4.42. The Morgan fingerprint density at radius 2 is 1.81 bits per heavy atom. The molecule has 0 aliphatic rings. The molecule has 0 bridgehead atoms. The van der Waals surface area contributed by atoms with Gasteiger partial charge in [-0.3, -0.25) is 4.79 Å². The van der Waals surface area contributed by atoms with Crippen LogP contribution in [0.4, 0.5) is 11.6 Å². The van der Waals surface area contributed by atoms with Crippen molar-refractivity contribution in [1.29, 1.82) is 0 Å². The third kappa shape index (κ3) is 4.23. The molecule has 0 aliphatic heterocycles. The summed E-state index contributed by atoms with van der Waals surface area (Å²) in [5.41, 5.74) is 2.27. The molecule has 0 saturated carbocycles. The van der Waals surface area contributed by atoms with Crippen LogP contribution >= 0.6 is 11.6 Å². The van der Waals surface area contributed by atoms with Gasteiger partial charge in [-0.1, -0.05) is 41.9 Å². The van der Waals surface area contributed by atoms with Crippen LogP contribution in [0.5, 0.6) is 11.5 Å². The Balaban J connectivity index is 2.04. The molecule has 2 aromatic carbocycles. The predicted molar refractivity (Wildman–Crippen MR) is 107 cm³/mol. The molecule has 0 fully saturated rings. The molecule has 3 rings (SSSR count). The number of aromatic nitrogens is 2. The number of anilines is 2. The Labute approximate surface area is 162 Å². The number of methoxy groups -OCH3 is 2. The van der Waals surface area contributed by atoms with Crippen LogP contribution in [0.25, 0.3) is 0 Å². The van der Waals surface area contributed by atoms with Crippen molar-refractivity contribution in [3.63, 3.8) is 0 Å². The van der Waals surface area contributed by atoms with Crippen LogP contribution < -0.4 is 20.3 Å². The minimum atomic E-state index is -0.442. The second kappa shape index (κ2) is 8.14. The maximum absolute atomic E-state index is 12.2. The molecule has 0 saturated heterocycles. The van der Waals surface area contributed by atoms with Crippen LogP contribution in [-0.2, 0) is 6.54 Å². The fraction of sp³-hybridized carbons (Fsp3) is 0.200. The molecule has 140 valence electrons. The van der Waals surface area contributed by atoms with Gasteiger partial charge in [-0.2, -0.15) is 4.98 Å². The number of halogens is 1. The van der Waals surface area contributed by atoms with Gasteiger partial charge < -0.3 is 19.4 Å². The van der Waals surface area contributed by atoms with Crippen molar-refractivity contribution in [3.05, 3.63) is 75.2 Å². The van der Waals surface area contributed by atoms with Crippen molar-refractivity contribution in [1.82, 2.24) is 9.55 Å². The van der Waals surface area contributed by atoms with Crippen LogP contribution in [0.3, 0.4) is 0 Å². The molecule has 0 radical (unpaired) electrons. The largest absolute Gasteiger partial charge is 0.495 e. The number of nitrogens with one attached hydrogen (secondary N) is 1. The number of rotatable bonds is 6. The zero-order chi connectivity index (χ0) is 19.4. The lowest BCUT2D eigenvalue weighted by atomic mass is 10.2. The average molecular weight is 386 g/mol. The zero-order valence-electron chi connectivity index (χ0n) is 15.3. The van der Waals surface area contributed by atoms with E-state index in [0.717, 1.165) is 16.8 Å². The molecule has 6 nitrogen and oxygen atoms in total. The molecule has 0 atom stereocenters. The summed E-state index contributed by atoms with van der Waals surface area (Å²) in [6.07, 6.45) is 1.65. The Bertz CT molecular complexity index is 1000. The van der Waals surface area contributed by atoms with Gasteiger partial charge in [0.25, 0.3) is 0 Å². The molecule has 0 spiro atoms. The number of hydrogen-bond acceptors (Lipinski definition) is 5. The number of ether oxygens (including phenoxy) is 2. The SMILES string of the molecule is COc1cc(Nc2nc(=O)c(OC)cn2Cc2ccccc2)c(C)cc1Cl. The second-order valence-electron chi connectivity index (χ2n) is 5.98. The van der Waals surface area contributed by atoms with Crippen LogP contribution in [0.2, 0.25) is 5.02 Å². The number of hydrogen-bond donors (Lipinski definition) is 1. The lowest BCUT2D eigenvalue weighted by molar-refractivity contribution is 0.402. The van der Waals surface area contributed by atoms with Crippen LogP contribution in [0.15, 0.2) is 53.5 Å². The standard InChI is InChI=1S/C20H20ClN3O3/c1-13-9-15(21)17(26-2)10-16(13)22-20-23-19(25)18(27-3)12-24(20)11-14-7-5-4-6-8-14/h4-10,12H,11H2,1-3H3,(H,22,23,25). The van der Waals surface area contributed by atoms with Gasteiger partial charge in [0.15, 0.2) is 0 Å². The van der Waals surface area contributed by atoms with Gasteiger partial charge in [0.1, 0.15) is 5.75 Å².